The van der Waals surface area contributed by atoms with Crippen LogP contribution in [0.4, 0.5) is 0 Å². The third-order valence-electron chi connectivity index (χ3n) is 3.60. The van der Waals surface area contributed by atoms with Crippen molar-refractivity contribution in [2.24, 2.45) is 5.73 Å². The van der Waals surface area contributed by atoms with Crippen molar-refractivity contribution < 1.29 is 23.9 Å². The number of hydrogen-bond donors (Lipinski definition) is 3. The minimum absolute atomic E-state index is 0.290. The Hall–Kier alpha value is -1.51. The van der Waals surface area contributed by atoms with E-state index in [4.69, 9.17) is 10.5 Å². The summed E-state index contributed by atoms with van der Waals surface area (Å²) in [5, 5.41) is 5.91. The Balaban J connectivity index is 1.69. The van der Waals surface area contributed by atoms with Crippen LogP contribution < -0.4 is 16.4 Å². The second-order valence-corrected chi connectivity index (χ2v) is 5.27. The zero-order valence-electron chi connectivity index (χ0n) is 11.8. The van der Waals surface area contributed by atoms with Crippen molar-refractivity contribution in [3.63, 3.8) is 0 Å². The summed E-state index contributed by atoms with van der Waals surface area (Å²) in [7, 11) is 0. The molecule has 4 N–H and O–H groups in total. The Morgan fingerprint density at radius 2 is 1.62 bits per heavy atom. The molecule has 8 nitrogen and oxygen atoms in total. The standard InChI is InChI=1S/C13H21N3O5/c14-8(7-20-12(18)9-3-1-5-15-9)11(17)21-13(19)10-4-2-6-16-10/h8-10,15-16H,1-7,14H2/t8-,9-,10-/m0/s1. The van der Waals surface area contributed by atoms with Crippen molar-refractivity contribution in [2.75, 3.05) is 19.7 Å². The van der Waals surface area contributed by atoms with E-state index in [0.717, 1.165) is 25.9 Å². The summed E-state index contributed by atoms with van der Waals surface area (Å²) >= 11 is 0. The SMILES string of the molecule is N[C@@H](COC(=O)[C@@H]1CCCN1)C(=O)OC(=O)[C@@H]1CCCN1. The Bertz CT molecular complexity index is 403. The normalized spacial score (nSPS) is 26.3. The average molecular weight is 299 g/mol. The van der Waals surface area contributed by atoms with E-state index in [1.807, 2.05) is 0 Å². The van der Waals surface area contributed by atoms with Crippen LogP contribution in [0.2, 0.25) is 0 Å². The molecular weight excluding hydrogens is 278 g/mol. The van der Waals surface area contributed by atoms with E-state index in [0.29, 0.717) is 12.8 Å². The molecule has 2 rings (SSSR count). The number of nitrogens with one attached hydrogen (secondary N) is 2. The van der Waals surface area contributed by atoms with Gasteiger partial charge in [-0.3, -0.25) is 4.79 Å². The molecule has 0 unspecified atom stereocenters. The van der Waals surface area contributed by atoms with E-state index in [2.05, 4.69) is 15.4 Å². The van der Waals surface area contributed by atoms with Crippen LogP contribution in [0.25, 0.3) is 0 Å². The molecule has 118 valence electrons. The van der Waals surface area contributed by atoms with Crippen molar-refractivity contribution in [1.82, 2.24) is 10.6 Å². The lowest BCUT2D eigenvalue weighted by Crippen LogP contribution is -2.43. The van der Waals surface area contributed by atoms with Crippen LogP contribution in [0.1, 0.15) is 25.7 Å². The molecule has 0 aliphatic carbocycles. The molecule has 21 heavy (non-hydrogen) atoms. The summed E-state index contributed by atoms with van der Waals surface area (Å²) in [6, 6.07) is -1.94. The van der Waals surface area contributed by atoms with Gasteiger partial charge in [-0.05, 0) is 38.8 Å². The van der Waals surface area contributed by atoms with E-state index >= 15 is 0 Å². The van der Waals surface area contributed by atoms with Crippen molar-refractivity contribution >= 4 is 17.9 Å². The number of esters is 3. The molecule has 8 heteroatoms. The van der Waals surface area contributed by atoms with Gasteiger partial charge in [-0.15, -0.1) is 0 Å². The highest BCUT2D eigenvalue weighted by molar-refractivity contribution is 5.91. The molecule has 3 atom stereocenters. The predicted octanol–water partition coefficient (Wildman–Crippen LogP) is -1.57. The van der Waals surface area contributed by atoms with Gasteiger partial charge >= 0.3 is 17.9 Å². The fourth-order valence-electron chi connectivity index (χ4n) is 2.36. The number of rotatable bonds is 5. The molecule has 2 saturated heterocycles. The molecule has 0 saturated carbocycles. The Kier molecular flexibility index (Phi) is 5.66. The maximum absolute atomic E-state index is 11.6. The quantitative estimate of drug-likeness (QED) is 0.411. The monoisotopic (exact) mass is 299 g/mol. The van der Waals surface area contributed by atoms with Crippen LogP contribution in [0.5, 0.6) is 0 Å². The number of hydrogen-bond acceptors (Lipinski definition) is 8. The van der Waals surface area contributed by atoms with Gasteiger partial charge in [0.05, 0.1) is 0 Å². The van der Waals surface area contributed by atoms with Crippen molar-refractivity contribution in [2.45, 2.75) is 43.8 Å². The van der Waals surface area contributed by atoms with E-state index in [9.17, 15) is 14.4 Å². The van der Waals surface area contributed by atoms with Crippen LogP contribution in [0.3, 0.4) is 0 Å². The van der Waals surface area contributed by atoms with Gasteiger partial charge < -0.3 is 25.8 Å². The molecule has 2 aliphatic heterocycles. The minimum Gasteiger partial charge on any atom is -0.462 e. The summed E-state index contributed by atoms with van der Waals surface area (Å²) in [5.41, 5.74) is 5.57. The van der Waals surface area contributed by atoms with Crippen LogP contribution in [-0.2, 0) is 23.9 Å². The molecule has 0 amide bonds. The van der Waals surface area contributed by atoms with Crippen molar-refractivity contribution in [3.8, 4) is 0 Å². The molecule has 2 fully saturated rings. The fourth-order valence-corrected chi connectivity index (χ4v) is 2.36. The van der Waals surface area contributed by atoms with Crippen LogP contribution in [0, 0.1) is 0 Å². The topological polar surface area (TPSA) is 120 Å². The molecule has 2 aliphatic rings. The Morgan fingerprint density at radius 1 is 1.05 bits per heavy atom. The summed E-state index contributed by atoms with van der Waals surface area (Å²) < 4.78 is 9.64. The third kappa shape index (κ3) is 4.48. The summed E-state index contributed by atoms with van der Waals surface area (Å²) in [4.78, 5) is 34.9. The van der Waals surface area contributed by atoms with Gasteiger partial charge in [-0.2, -0.15) is 0 Å². The zero-order valence-corrected chi connectivity index (χ0v) is 11.8. The van der Waals surface area contributed by atoms with E-state index in [1.165, 1.54) is 0 Å². The van der Waals surface area contributed by atoms with Gasteiger partial charge in [0.2, 0.25) is 0 Å². The highest BCUT2D eigenvalue weighted by Gasteiger charge is 2.29. The number of nitrogens with two attached hydrogens (primary N) is 1. The Labute approximate surface area is 122 Å². The van der Waals surface area contributed by atoms with Crippen LogP contribution >= 0.6 is 0 Å². The predicted molar refractivity (Wildman–Crippen MR) is 72.1 cm³/mol. The molecule has 0 aromatic heterocycles. The van der Waals surface area contributed by atoms with E-state index < -0.39 is 30.0 Å². The molecule has 0 aromatic carbocycles. The van der Waals surface area contributed by atoms with Gasteiger partial charge in [-0.25, -0.2) is 9.59 Å². The number of ether oxygens (including phenoxy) is 2. The average Bonchev–Trinajstić information content (AvgIpc) is 3.15. The lowest BCUT2D eigenvalue weighted by atomic mass is 10.2. The lowest BCUT2D eigenvalue weighted by Gasteiger charge is -2.15. The molecular formula is C13H21N3O5. The number of carbonyl (C=O) groups is 3. The number of carbonyl (C=O) groups excluding carboxylic acids is 3. The first kappa shape index (κ1) is 15.9. The largest absolute Gasteiger partial charge is 0.462 e. The highest BCUT2D eigenvalue weighted by Crippen LogP contribution is 2.08. The fraction of sp³-hybridized carbons (Fsp3) is 0.769. The van der Waals surface area contributed by atoms with Crippen LogP contribution in [-0.4, -0.2) is 55.7 Å². The first-order valence-electron chi connectivity index (χ1n) is 7.22. The van der Waals surface area contributed by atoms with Gasteiger partial charge in [0.25, 0.3) is 0 Å². The Morgan fingerprint density at radius 3 is 2.14 bits per heavy atom. The maximum Gasteiger partial charge on any atom is 0.334 e. The first-order chi connectivity index (χ1) is 10.1. The molecule has 0 spiro atoms. The molecule has 0 bridgehead atoms. The maximum atomic E-state index is 11.6. The van der Waals surface area contributed by atoms with E-state index in [1.54, 1.807) is 0 Å². The summed E-state index contributed by atoms with van der Waals surface area (Å²) in [6.45, 7) is 1.21. The summed E-state index contributed by atoms with van der Waals surface area (Å²) in [5.74, 6) is -1.93. The molecule has 2 heterocycles. The zero-order chi connectivity index (χ0) is 15.2. The smallest absolute Gasteiger partial charge is 0.334 e. The third-order valence-corrected chi connectivity index (χ3v) is 3.60. The lowest BCUT2D eigenvalue weighted by molar-refractivity contribution is -0.163. The van der Waals surface area contributed by atoms with Gasteiger partial charge in [0, 0.05) is 0 Å². The second kappa shape index (κ2) is 7.48. The van der Waals surface area contributed by atoms with Crippen LogP contribution in [0.15, 0.2) is 0 Å². The van der Waals surface area contributed by atoms with Crippen molar-refractivity contribution in [1.29, 1.82) is 0 Å². The molecule has 0 radical (unpaired) electrons. The summed E-state index contributed by atoms with van der Waals surface area (Å²) in [6.07, 6.45) is 3.14. The first-order valence-corrected chi connectivity index (χ1v) is 7.22. The molecule has 0 aromatic rings. The minimum atomic E-state index is -1.15. The van der Waals surface area contributed by atoms with E-state index in [-0.39, 0.29) is 12.6 Å². The second-order valence-electron chi connectivity index (χ2n) is 5.27. The highest BCUT2D eigenvalue weighted by atomic mass is 16.6. The van der Waals surface area contributed by atoms with Gasteiger partial charge in [0.1, 0.15) is 24.7 Å². The van der Waals surface area contributed by atoms with Crippen molar-refractivity contribution in [3.05, 3.63) is 0 Å². The van der Waals surface area contributed by atoms with Gasteiger partial charge in [0.15, 0.2) is 0 Å². The van der Waals surface area contributed by atoms with Gasteiger partial charge in [-0.1, -0.05) is 0 Å².